The molecule has 0 bridgehead atoms. The molecule has 18 heavy (non-hydrogen) atoms. The Morgan fingerprint density at radius 1 is 1.22 bits per heavy atom. The number of hydrogen-bond donors (Lipinski definition) is 1. The van der Waals surface area contributed by atoms with Crippen LogP contribution in [0.5, 0.6) is 0 Å². The van der Waals surface area contributed by atoms with E-state index in [0.717, 1.165) is 31.0 Å². The molecular formula is C13H10BrN3S. The summed E-state index contributed by atoms with van der Waals surface area (Å²) in [6, 6.07) is 10.0. The highest BCUT2D eigenvalue weighted by atomic mass is 79.9. The van der Waals surface area contributed by atoms with Gasteiger partial charge in [0.1, 0.15) is 5.01 Å². The molecular weight excluding hydrogens is 310 g/mol. The first-order valence-electron chi connectivity index (χ1n) is 5.48. The Labute approximate surface area is 117 Å². The molecule has 0 saturated carbocycles. The van der Waals surface area contributed by atoms with Crippen molar-refractivity contribution in [3.63, 3.8) is 0 Å². The molecule has 0 unspecified atom stereocenters. The van der Waals surface area contributed by atoms with E-state index in [0.29, 0.717) is 6.54 Å². The second kappa shape index (κ2) is 4.76. The average molecular weight is 320 g/mol. The normalized spacial score (nSPS) is 11.0. The van der Waals surface area contributed by atoms with Gasteiger partial charge >= 0.3 is 0 Å². The number of rotatable bonds is 2. The van der Waals surface area contributed by atoms with Crippen LogP contribution >= 0.6 is 27.3 Å². The van der Waals surface area contributed by atoms with Gasteiger partial charge in [0.25, 0.3) is 0 Å². The standard InChI is InChI=1S/C13H10BrN3S/c14-9-2-4-10-12(5-9)18-13(17-10)11-3-1-8(6-15)7-16-11/h1-5,7H,6,15H2. The summed E-state index contributed by atoms with van der Waals surface area (Å²) < 4.78 is 2.22. The van der Waals surface area contributed by atoms with Crippen LogP contribution in [-0.2, 0) is 6.54 Å². The van der Waals surface area contributed by atoms with Gasteiger partial charge in [0.05, 0.1) is 15.9 Å². The lowest BCUT2D eigenvalue weighted by Crippen LogP contribution is -1.96. The Bertz CT molecular complexity index is 691. The lowest BCUT2D eigenvalue weighted by molar-refractivity contribution is 1.05. The molecule has 0 radical (unpaired) electrons. The molecule has 0 aliphatic rings. The minimum Gasteiger partial charge on any atom is -0.326 e. The molecule has 5 heteroatoms. The number of aromatic nitrogens is 2. The Balaban J connectivity index is 2.07. The van der Waals surface area contributed by atoms with Crippen molar-refractivity contribution in [1.82, 2.24) is 9.97 Å². The molecule has 2 aromatic heterocycles. The minimum absolute atomic E-state index is 0.514. The molecule has 0 aliphatic heterocycles. The summed E-state index contributed by atoms with van der Waals surface area (Å²) in [5.41, 5.74) is 8.48. The molecule has 0 spiro atoms. The summed E-state index contributed by atoms with van der Waals surface area (Å²) >= 11 is 5.11. The van der Waals surface area contributed by atoms with Crippen molar-refractivity contribution < 1.29 is 0 Å². The van der Waals surface area contributed by atoms with Crippen LogP contribution in [0.3, 0.4) is 0 Å². The van der Waals surface area contributed by atoms with Gasteiger partial charge in [-0.05, 0) is 29.8 Å². The largest absolute Gasteiger partial charge is 0.326 e. The van der Waals surface area contributed by atoms with Crippen molar-refractivity contribution in [2.24, 2.45) is 5.73 Å². The number of fused-ring (bicyclic) bond motifs is 1. The third kappa shape index (κ3) is 2.16. The molecule has 3 nitrogen and oxygen atoms in total. The van der Waals surface area contributed by atoms with Crippen LogP contribution in [0.1, 0.15) is 5.56 Å². The third-order valence-electron chi connectivity index (χ3n) is 2.63. The monoisotopic (exact) mass is 319 g/mol. The molecule has 2 heterocycles. The molecule has 3 aromatic rings. The fraction of sp³-hybridized carbons (Fsp3) is 0.0769. The zero-order valence-electron chi connectivity index (χ0n) is 9.43. The van der Waals surface area contributed by atoms with Crippen molar-refractivity contribution >= 4 is 37.5 Å². The second-order valence-electron chi connectivity index (χ2n) is 3.89. The third-order valence-corrected chi connectivity index (χ3v) is 4.16. The van der Waals surface area contributed by atoms with Crippen LogP contribution in [0.4, 0.5) is 0 Å². The van der Waals surface area contributed by atoms with Crippen LogP contribution in [-0.4, -0.2) is 9.97 Å². The second-order valence-corrected chi connectivity index (χ2v) is 5.83. The minimum atomic E-state index is 0.514. The number of benzene rings is 1. The van der Waals surface area contributed by atoms with Crippen LogP contribution < -0.4 is 5.73 Å². The molecule has 90 valence electrons. The summed E-state index contributed by atoms with van der Waals surface area (Å²) in [5.74, 6) is 0. The van der Waals surface area contributed by atoms with Gasteiger partial charge in [0, 0.05) is 17.2 Å². The van der Waals surface area contributed by atoms with Gasteiger partial charge in [0.15, 0.2) is 0 Å². The highest BCUT2D eigenvalue weighted by molar-refractivity contribution is 9.10. The molecule has 3 rings (SSSR count). The lowest BCUT2D eigenvalue weighted by atomic mass is 10.2. The van der Waals surface area contributed by atoms with E-state index >= 15 is 0 Å². The zero-order chi connectivity index (χ0) is 12.5. The molecule has 0 aliphatic carbocycles. The van der Waals surface area contributed by atoms with E-state index in [-0.39, 0.29) is 0 Å². The summed E-state index contributed by atoms with van der Waals surface area (Å²) in [6.07, 6.45) is 1.80. The van der Waals surface area contributed by atoms with Crippen LogP contribution in [0, 0.1) is 0 Å². The summed E-state index contributed by atoms with van der Waals surface area (Å²) in [4.78, 5) is 8.98. The number of thiazole rings is 1. The number of hydrogen-bond acceptors (Lipinski definition) is 4. The fourth-order valence-corrected chi connectivity index (χ4v) is 3.17. The molecule has 0 saturated heterocycles. The first kappa shape index (κ1) is 11.8. The predicted molar refractivity (Wildman–Crippen MR) is 78.4 cm³/mol. The quantitative estimate of drug-likeness (QED) is 0.785. The Kier molecular flexibility index (Phi) is 3.11. The van der Waals surface area contributed by atoms with Crippen molar-refractivity contribution in [2.45, 2.75) is 6.54 Å². The molecule has 0 atom stereocenters. The van der Waals surface area contributed by atoms with Gasteiger partial charge in [-0.15, -0.1) is 11.3 Å². The van der Waals surface area contributed by atoms with Crippen molar-refractivity contribution in [3.05, 3.63) is 46.6 Å². The van der Waals surface area contributed by atoms with E-state index in [1.54, 1.807) is 17.5 Å². The van der Waals surface area contributed by atoms with E-state index in [1.807, 2.05) is 24.3 Å². The predicted octanol–water partition coefficient (Wildman–Crippen LogP) is 3.58. The average Bonchev–Trinajstić information content (AvgIpc) is 2.81. The van der Waals surface area contributed by atoms with Gasteiger partial charge < -0.3 is 5.73 Å². The maximum atomic E-state index is 5.56. The number of nitrogens with zero attached hydrogens (tertiary/aromatic N) is 2. The molecule has 1 aromatic carbocycles. The van der Waals surface area contributed by atoms with Gasteiger partial charge in [-0.1, -0.05) is 22.0 Å². The Hall–Kier alpha value is -1.30. The van der Waals surface area contributed by atoms with Crippen LogP contribution in [0.25, 0.3) is 20.9 Å². The summed E-state index contributed by atoms with van der Waals surface area (Å²) in [6.45, 7) is 0.514. The fourth-order valence-electron chi connectivity index (χ4n) is 1.68. The van der Waals surface area contributed by atoms with E-state index < -0.39 is 0 Å². The maximum Gasteiger partial charge on any atom is 0.143 e. The van der Waals surface area contributed by atoms with Crippen LogP contribution in [0.15, 0.2) is 41.0 Å². The molecule has 2 N–H and O–H groups in total. The van der Waals surface area contributed by atoms with Gasteiger partial charge in [-0.2, -0.15) is 0 Å². The van der Waals surface area contributed by atoms with E-state index in [9.17, 15) is 0 Å². The maximum absolute atomic E-state index is 5.56. The Morgan fingerprint density at radius 2 is 2.11 bits per heavy atom. The zero-order valence-corrected chi connectivity index (χ0v) is 11.8. The lowest BCUT2D eigenvalue weighted by Gasteiger charge is -1.97. The number of nitrogens with two attached hydrogens (primary N) is 1. The van der Waals surface area contributed by atoms with Gasteiger partial charge in [-0.3, -0.25) is 4.98 Å². The van der Waals surface area contributed by atoms with E-state index in [2.05, 4.69) is 32.0 Å². The van der Waals surface area contributed by atoms with Gasteiger partial charge in [-0.25, -0.2) is 4.98 Å². The van der Waals surface area contributed by atoms with Crippen molar-refractivity contribution in [2.75, 3.05) is 0 Å². The molecule has 0 amide bonds. The SMILES string of the molecule is NCc1ccc(-c2nc3ccc(Br)cc3s2)nc1. The van der Waals surface area contributed by atoms with E-state index in [1.165, 1.54) is 0 Å². The first-order chi connectivity index (χ1) is 8.76. The number of pyridine rings is 1. The number of halogens is 1. The smallest absolute Gasteiger partial charge is 0.143 e. The van der Waals surface area contributed by atoms with Crippen molar-refractivity contribution in [1.29, 1.82) is 0 Å². The Morgan fingerprint density at radius 3 is 2.83 bits per heavy atom. The van der Waals surface area contributed by atoms with Gasteiger partial charge in [0.2, 0.25) is 0 Å². The highest BCUT2D eigenvalue weighted by Crippen LogP contribution is 2.30. The topological polar surface area (TPSA) is 51.8 Å². The summed E-state index contributed by atoms with van der Waals surface area (Å²) in [7, 11) is 0. The van der Waals surface area contributed by atoms with Crippen molar-refractivity contribution in [3.8, 4) is 10.7 Å². The van der Waals surface area contributed by atoms with Crippen LogP contribution in [0.2, 0.25) is 0 Å². The molecule has 0 fully saturated rings. The highest BCUT2D eigenvalue weighted by Gasteiger charge is 2.07. The summed E-state index contributed by atoms with van der Waals surface area (Å²) in [5, 5.41) is 0.937. The first-order valence-corrected chi connectivity index (χ1v) is 7.08. The van der Waals surface area contributed by atoms with E-state index in [4.69, 9.17) is 5.73 Å².